The first kappa shape index (κ1) is 18.1. The van der Waals surface area contributed by atoms with Crippen LogP contribution in [0.1, 0.15) is 0 Å². The predicted molar refractivity (Wildman–Crippen MR) is 99.2 cm³/mol. The first-order valence-electron chi connectivity index (χ1n) is 8.96. The van der Waals surface area contributed by atoms with Crippen LogP contribution in [-0.2, 0) is 10.0 Å². The molecule has 0 N–H and O–H groups in total. The third kappa shape index (κ3) is 3.75. The Balaban J connectivity index is 1.37. The Kier molecular flexibility index (Phi) is 4.98. The lowest BCUT2D eigenvalue weighted by atomic mass is 10.3. The van der Waals surface area contributed by atoms with E-state index in [4.69, 9.17) is 0 Å². The van der Waals surface area contributed by atoms with E-state index in [0.29, 0.717) is 26.2 Å². The van der Waals surface area contributed by atoms with E-state index in [-0.39, 0.29) is 4.90 Å². The molecule has 0 atom stereocenters. The molecule has 0 spiro atoms. The maximum absolute atomic E-state index is 12.5. The summed E-state index contributed by atoms with van der Waals surface area (Å²) in [6, 6.07) is 3.96. The Hall–Kier alpha value is -2.24. The first-order valence-corrected chi connectivity index (χ1v) is 10.4. The highest BCUT2D eigenvalue weighted by molar-refractivity contribution is 7.89. The van der Waals surface area contributed by atoms with E-state index in [1.165, 1.54) is 10.5 Å². The van der Waals surface area contributed by atoms with Gasteiger partial charge in [0.1, 0.15) is 11.2 Å². The van der Waals surface area contributed by atoms with Gasteiger partial charge in [-0.05, 0) is 19.2 Å². The van der Waals surface area contributed by atoms with E-state index < -0.39 is 10.0 Å². The largest absolute Gasteiger partial charge is 0.363 e. The lowest BCUT2D eigenvalue weighted by molar-refractivity contribution is 0.312. The summed E-state index contributed by atoms with van der Waals surface area (Å²) in [6.07, 6.45) is 2.38. The summed E-state index contributed by atoms with van der Waals surface area (Å²) in [6.45, 7) is 5.83. The third-order valence-corrected chi connectivity index (χ3v) is 6.92. The molecule has 2 fully saturated rings. The van der Waals surface area contributed by atoms with Crippen molar-refractivity contribution in [3.8, 4) is 0 Å². The van der Waals surface area contributed by atoms with Crippen molar-refractivity contribution in [2.24, 2.45) is 0 Å². The van der Waals surface area contributed by atoms with Crippen LogP contribution in [0.4, 0.5) is 11.6 Å². The van der Waals surface area contributed by atoms with Crippen LogP contribution in [0.3, 0.4) is 0 Å². The first-order chi connectivity index (χ1) is 13.0. The van der Waals surface area contributed by atoms with Crippen LogP contribution in [0.25, 0.3) is 0 Å². The Morgan fingerprint density at radius 2 is 1.44 bits per heavy atom. The molecule has 2 aromatic rings. The molecule has 0 aliphatic carbocycles. The van der Waals surface area contributed by atoms with E-state index in [1.54, 1.807) is 0 Å². The number of hydrogen-bond acceptors (Lipinski definition) is 9. The normalized spacial score (nSPS) is 20.2. The molecule has 11 heteroatoms. The average Bonchev–Trinajstić information content (AvgIpc) is 3.25. The minimum absolute atomic E-state index is 0.0901. The summed E-state index contributed by atoms with van der Waals surface area (Å²) >= 11 is 0. The number of aromatic nitrogens is 3. The van der Waals surface area contributed by atoms with Crippen molar-refractivity contribution in [2.75, 3.05) is 69.2 Å². The van der Waals surface area contributed by atoms with Gasteiger partial charge in [0.2, 0.25) is 10.0 Å². The van der Waals surface area contributed by atoms with E-state index in [2.05, 4.69) is 41.6 Å². The molecule has 2 saturated heterocycles. The highest BCUT2D eigenvalue weighted by atomic mass is 32.2. The maximum atomic E-state index is 12.5. The number of likely N-dealkylation sites (N-methyl/N-ethyl adjacent to an activating group) is 1. The second kappa shape index (κ2) is 7.41. The van der Waals surface area contributed by atoms with Gasteiger partial charge in [-0.1, -0.05) is 5.16 Å². The topological polar surface area (TPSA) is 98.9 Å². The van der Waals surface area contributed by atoms with Gasteiger partial charge in [-0.15, -0.1) is 10.2 Å². The van der Waals surface area contributed by atoms with Gasteiger partial charge in [-0.3, -0.25) is 0 Å². The fourth-order valence-corrected chi connectivity index (χ4v) is 4.60. The Morgan fingerprint density at radius 3 is 1.93 bits per heavy atom. The highest BCUT2D eigenvalue weighted by Gasteiger charge is 2.30. The molecule has 4 rings (SSSR count). The van der Waals surface area contributed by atoms with Gasteiger partial charge in [-0.25, -0.2) is 8.42 Å². The van der Waals surface area contributed by atoms with Crippen LogP contribution in [0, 0.1) is 0 Å². The maximum Gasteiger partial charge on any atom is 0.248 e. The van der Waals surface area contributed by atoms with Crippen molar-refractivity contribution in [2.45, 2.75) is 4.90 Å². The Labute approximate surface area is 158 Å². The molecule has 0 amide bonds. The zero-order valence-electron chi connectivity index (χ0n) is 15.2. The van der Waals surface area contributed by atoms with Crippen molar-refractivity contribution < 1.29 is 12.9 Å². The van der Waals surface area contributed by atoms with Crippen molar-refractivity contribution in [1.82, 2.24) is 24.6 Å². The van der Waals surface area contributed by atoms with Crippen LogP contribution in [0.15, 0.2) is 34.0 Å². The summed E-state index contributed by atoms with van der Waals surface area (Å²) in [5.41, 5.74) is 0. The Bertz CT molecular complexity index is 841. The number of sulfonamides is 1. The smallest absolute Gasteiger partial charge is 0.248 e. The second-order valence-corrected chi connectivity index (χ2v) is 8.73. The van der Waals surface area contributed by atoms with Gasteiger partial charge in [0, 0.05) is 52.4 Å². The van der Waals surface area contributed by atoms with Crippen LogP contribution < -0.4 is 9.80 Å². The SMILES string of the molecule is CN1CCN(c2ccc(N3CCN(S(=O)(=O)c4cnoc4)CC3)nn2)CC1. The molecule has 27 heavy (non-hydrogen) atoms. The number of hydrogen-bond donors (Lipinski definition) is 0. The molecule has 2 aromatic heterocycles. The fourth-order valence-electron chi connectivity index (χ4n) is 3.32. The van der Waals surface area contributed by atoms with E-state index >= 15 is 0 Å². The van der Waals surface area contributed by atoms with Crippen LogP contribution in [0.2, 0.25) is 0 Å². The number of anilines is 2. The quantitative estimate of drug-likeness (QED) is 0.695. The molecule has 0 aromatic carbocycles. The van der Waals surface area contributed by atoms with Crippen LogP contribution in [-0.4, -0.2) is 92.4 Å². The summed E-state index contributed by atoms with van der Waals surface area (Å²) in [7, 11) is -1.43. The molecule has 10 nitrogen and oxygen atoms in total. The minimum atomic E-state index is -3.55. The average molecular weight is 393 g/mol. The zero-order valence-corrected chi connectivity index (χ0v) is 16.0. The summed E-state index contributed by atoms with van der Waals surface area (Å²) in [4.78, 5) is 6.68. The van der Waals surface area contributed by atoms with E-state index in [9.17, 15) is 8.42 Å². The standard InChI is InChI=1S/C16H23N7O3S/c1-20-4-6-21(7-5-20)15-2-3-16(19-18-15)22-8-10-23(11-9-22)27(24,25)14-12-17-26-13-14/h2-3,12-13H,4-11H2,1H3. The van der Waals surface area contributed by atoms with E-state index in [0.717, 1.165) is 44.1 Å². The molecular formula is C16H23N7O3S. The van der Waals surface area contributed by atoms with Crippen LogP contribution in [0.5, 0.6) is 0 Å². The predicted octanol–water partition coefficient (Wildman–Crippen LogP) is -0.273. The van der Waals surface area contributed by atoms with Crippen molar-refractivity contribution in [3.63, 3.8) is 0 Å². The third-order valence-electron chi connectivity index (χ3n) is 5.07. The molecular weight excluding hydrogens is 370 g/mol. The monoisotopic (exact) mass is 393 g/mol. The lowest BCUT2D eigenvalue weighted by Crippen LogP contribution is -2.49. The molecule has 0 saturated carbocycles. The molecule has 4 heterocycles. The van der Waals surface area contributed by atoms with Crippen LogP contribution >= 0.6 is 0 Å². The summed E-state index contributed by atoms with van der Waals surface area (Å²) in [5, 5.41) is 12.2. The zero-order chi connectivity index (χ0) is 18.9. The molecule has 2 aliphatic rings. The van der Waals surface area contributed by atoms with Gasteiger partial charge in [-0.2, -0.15) is 4.31 Å². The molecule has 0 radical (unpaired) electrons. The lowest BCUT2D eigenvalue weighted by Gasteiger charge is -2.35. The number of nitrogens with zero attached hydrogens (tertiary/aromatic N) is 7. The van der Waals surface area contributed by atoms with Crippen molar-refractivity contribution >= 4 is 21.7 Å². The van der Waals surface area contributed by atoms with Gasteiger partial charge < -0.3 is 19.2 Å². The summed E-state index contributed by atoms with van der Waals surface area (Å²) in [5.74, 6) is 1.66. The molecule has 146 valence electrons. The Morgan fingerprint density at radius 1 is 0.889 bits per heavy atom. The van der Waals surface area contributed by atoms with Gasteiger partial charge in [0.05, 0.1) is 6.20 Å². The second-order valence-electron chi connectivity index (χ2n) is 6.79. The van der Waals surface area contributed by atoms with Gasteiger partial charge in [0.15, 0.2) is 11.6 Å². The van der Waals surface area contributed by atoms with Crippen molar-refractivity contribution in [3.05, 3.63) is 24.6 Å². The van der Waals surface area contributed by atoms with Crippen molar-refractivity contribution in [1.29, 1.82) is 0 Å². The fraction of sp³-hybridized carbons (Fsp3) is 0.562. The molecule has 2 aliphatic heterocycles. The van der Waals surface area contributed by atoms with Gasteiger partial charge in [0.25, 0.3) is 0 Å². The molecule has 0 bridgehead atoms. The minimum Gasteiger partial charge on any atom is -0.363 e. The molecule has 0 unspecified atom stereocenters. The number of piperazine rings is 2. The van der Waals surface area contributed by atoms with Gasteiger partial charge >= 0.3 is 0 Å². The highest BCUT2D eigenvalue weighted by Crippen LogP contribution is 2.21. The van der Waals surface area contributed by atoms with E-state index in [1.807, 2.05) is 12.1 Å². The number of rotatable bonds is 4. The summed E-state index contributed by atoms with van der Waals surface area (Å²) < 4.78 is 31.1.